The number of benzene rings is 4. The number of anilines is 1. The molecule has 0 bridgehead atoms. The third-order valence-corrected chi connectivity index (χ3v) is 6.91. The summed E-state index contributed by atoms with van der Waals surface area (Å²) in [6, 6.07) is 32.5. The number of hydrogen-bond donors (Lipinski definition) is 3. The zero-order chi connectivity index (χ0) is 26.5. The summed E-state index contributed by atoms with van der Waals surface area (Å²) < 4.78 is 0. The van der Waals surface area contributed by atoms with Gasteiger partial charge in [0.05, 0.1) is 5.92 Å². The van der Waals surface area contributed by atoms with Crippen LogP contribution in [0.15, 0.2) is 109 Å². The predicted molar refractivity (Wildman–Crippen MR) is 153 cm³/mol. The van der Waals surface area contributed by atoms with Crippen molar-refractivity contribution in [3.8, 4) is 0 Å². The van der Waals surface area contributed by atoms with Gasteiger partial charge in [-0.1, -0.05) is 91.0 Å². The summed E-state index contributed by atoms with van der Waals surface area (Å²) in [6.07, 6.45) is 2.27. The van der Waals surface area contributed by atoms with Crippen LogP contribution < -0.4 is 10.6 Å². The van der Waals surface area contributed by atoms with E-state index in [0.717, 1.165) is 44.4 Å². The van der Waals surface area contributed by atoms with E-state index in [1.54, 1.807) is 0 Å². The van der Waals surface area contributed by atoms with Gasteiger partial charge in [0.15, 0.2) is 0 Å². The lowest BCUT2D eigenvalue weighted by molar-refractivity contribution is -0.126. The quantitative estimate of drug-likeness (QED) is 0.234. The summed E-state index contributed by atoms with van der Waals surface area (Å²) in [5.41, 5.74) is 6.47. The number of carbonyl (C=O) groups excluding carboxylic acids is 2. The monoisotopic (exact) mass is 501 g/mol. The molecule has 1 unspecified atom stereocenters. The predicted octanol–water partition coefficient (Wildman–Crippen LogP) is 6.28. The van der Waals surface area contributed by atoms with Crippen LogP contribution in [0.2, 0.25) is 0 Å². The number of nitrogens with one attached hydrogen (secondary N) is 3. The Bertz CT molecular complexity index is 1520. The molecule has 1 atom stereocenters. The maximum atomic E-state index is 13.9. The van der Waals surface area contributed by atoms with Gasteiger partial charge in [0.2, 0.25) is 11.8 Å². The molecule has 190 valence electrons. The molecule has 0 saturated carbocycles. The smallest absolute Gasteiger partial charge is 0.247 e. The molecule has 0 radical (unpaired) electrons. The lowest BCUT2D eigenvalue weighted by atomic mass is 9.90. The Labute approximate surface area is 222 Å². The summed E-state index contributed by atoms with van der Waals surface area (Å²) in [4.78, 5) is 30.9. The molecule has 5 heteroatoms. The molecule has 5 aromatic rings. The largest absolute Gasteiger partial charge is 0.361 e. The lowest BCUT2D eigenvalue weighted by Gasteiger charge is -2.23. The number of rotatable bonds is 8. The van der Waals surface area contributed by atoms with Crippen molar-refractivity contribution in [2.75, 3.05) is 5.32 Å². The topological polar surface area (TPSA) is 74.0 Å². The number of hydrogen-bond acceptors (Lipinski definition) is 2. The minimum atomic E-state index is -0.781. The van der Waals surface area contributed by atoms with Crippen LogP contribution in [-0.4, -0.2) is 22.8 Å². The summed E-state index contributed by atoms with van der Waals surface area (Å²) in [7, 11) is 0. The van der Waals surface area contributed by atoms with E-state index in [2.05, 4.69) is 15.6 Å². The molecular formula is C33H31N3O2. The van der Waals surface area contributed by atoms with E-state index in [1.807, 2.05) is 123 Å². The van der Waals surface area contributed by atoms with Crippen LogP contribution >= 0.6 is 0 Å². The van der Waals surface area contributed by atoms with Crippen molar-refractivity contribution in [2.24, 2.45) is 0 Å². The molecule has 0 aliphatic heterocycles. The van der Waals surface area contributed by atoms with Gasteiger partial charge in [-0.3, -0.25) is 9.59 Å². The minimum Gasteiger partial charge on any atom is -0.361 e. The van der Waals surface area contributed by atoms with E-state index in [4.69, 9.17) is 0 Å². The number of aromatic nitrogens is 1. The van der Waals surface area contributed by atoms with Crippen LogP contribution in [0.5, 0.6) is 0 Å². The summed E-state index contributed by atoms with van der Waals surface area (Å²) in [6.45, 7) is 3.95. The first kappa shape index (κ1) is 25.0. The Morgan fingerprint density at radius 2 is 1.39 bits per heavy atom. The highest BCUT2D eigenvalue weighted by Crippen LogP contribution is 2.26. The Morgan fingerprint density at radius 1 is 0.763 bits per heavy atom. The molecule has 0 aliphatic carbocycles. The zero-order valence-corrected chi connectivity index (χ0v) is 21.6. The molecule has 5 nitrogen and oxygen atoms in total. The van der Waals surface area contributed by atoms with Gasteiger partial charge in [-0.15, -0.1) is 0 Å². The molecule has 0 aliphatic rings. The van der Waals surface area contributed by atoms with E-state index in [-0.39, 0.29) is 11.8 Å². The fourth-order valence-corrected chi connectivity index (χ4v) is 4.86. The third-order valence-electron chi connectivity index (χ3n) is 6.91. The Balaban J connectivity index is 1.48. The first-order chi connectivity index (χ1) is 18.5. The van der Waals surface area contributed by atoms with Gasteiger partial charge >= 0.3 is 0 Å². The van der Waals surface area contributed by atoms with Crippen LogP contribution in [-0.2, 0) is 16.0 Å². The van der Waals surface area contributed by atoms with Gasteiger partial charge in [0, 0.05) is 29.2 Å². The summed E-state index contributed by atoms with van der Waals surface area (Å²) >= 11 is 0. The van der Waals surface area contributed by atoms with Crippen LogP contribution in [0.1, 0.15) is 33.7 Å². The first-order valence-electron chi connectivity index (χ1n) is 12.8. The van der Waals surface area contributed by atoms with E-state index in [0.29, 0.717) is 6.42 Å². The second kappa shape index (κ2) is 11.2. The van der Waals surface area contributed by atoms with Crippen LogP contribution in [0.3, 0.4) is 0 Å². The second-order valence-electron chi connectivity index (χ2n) is 9.69. The third kappa shape index (κ3) is 5.52. The minimum absolute atomic E-state index is 0.219. The molecule has 38 heavy (non-hydrogen) atoms. The van der Waals surface area contributed by atoms with E-state index in [1.165, 1.54) is 0 Å². The first-order valence-corrected chi connectivity index (χ1v) is 12.8. The van der Waals surface area contributed by atoms with Crippen LogP contribution in [0, 0.1) is 13.8 Å². The van der Waals surface area contributed by atoms with Crippen molar-refractivity contribution in [2.45, 2.75) is 32.2 Å². The maximum Gasteiger partial charge on any atom is 0.247 e. The van der Waals surface area contributed by atoms with E-state index in [9.17, 15) is 9.59 Å². The number of aryl methyl sites for hydroxylation is 2. The van der Waals surface area contributed by atoms with Crippen molar-refractivity contribution < 1.29 is 9.59 Å². The second-order valence-corrected chi connectivity index (χ2v) is 9.69. The summed E-state index contributed by atoms with van der Waals surface area (Å²) in [5, 5.41) is 7.21. The van der Waals surface area contributed by atoms with Crippen molar-refractivity contribution in [3.63, 3.8) is 0 Å². The van der Waals surface area contributed by atoms with Gasteiger partial charge in [-0.25, -0.2) is 0 Å². The highest BCUT2D eigenvalue weighted by molar-refractivity contribution is 5.99. The molecule has 5 rings (SSSR count). The van der Waals surface area contributed by atoms with Gasteiger partial charge < -0.3 is 15.6 Å². The molecule has 0 spiro atoms. The van der Waals surface area contributed by atoms with Crippen molar-refractivity contribution in [1.82, 2.24) is 10.3 Å². The Morgan fingerprint density at radius 3 is 2.08 bits per heavy atom. The standard InChI is InChI=1S/C33H31N3O2/c1-22-17-18-23(2)29(19-22)35-32(37)30(20-26-21-34-28-16-10-9-15-27(26)28)36-33(38)31(24-11-5-3-6-12-24)25-13-7-4-8-14-25/h3-19,21,30-31,34H,20H2,1-2H3,(H,35,37)(H,36,38). The normalized spacial score (nSPS) is 11.9. The Kier molecular flexibility index (Phi) is 7.36. The number of fused-ring (bicyclic) bond motifs is 1. The number of aromatic amines is 1. The fourth-order valence-electron chi connectivity index (χ4n) is 4.86. The molecule has 2 amide bonds. The van der Waals surface area contributed by atoms with Gasteiger partial charge in [-0.05, 0) is 53.8 Å². The van der Waals surface area contributed by atoms with E-state index >= 15 is 0 Å². The van der Waals surface area contributed by atoms with E-state index < -0.39 is 12.0 Å². The number of carbonyl (C=O) groups is 2. The maximum absolute atomic E-state index is 13.9. The van der Waals surface area contributed by atoms with Crippen molar-refractivity contribution >= 4 is 28.4 Å². The number of amides is 2. The molecule has 1 aromatic heterocycles. The Hall–Kier alpha value is -4.64. The molecular weight excluding hydrogens is 470 g/mol. The van der Waals surface area contributed by atoms with Crippen LogP contribution in [0.25, 0.3) is 10.9 Å². The molecule has 0 saturated heterocycles. The molecule has 4 aromatic carbocycles. The van der Waals surface area contributed by atoms with Crippen molar-refractivity contribution in [1.29, 1.82) is 0 Å². The van der Waals surface area contributed by atoms with Gasteiger partial charge in [0.25, 0.3) is 0 Å². The number of para-hydroxylation sites is 1. The highest BCUT2D eigenvalue weighted by atomic mass is 16.2. The lowest BCUT2D eigenvalue weighted by Crippen LogP contribution is -2.47. The van der Waals surface area contributed by atoms with Gasteiger partial charge in [-0.2, -0.15) is 0 Å². The SMILES string of the molecule is Cc1ccc(C)c(NC(=O)C(Cc2c[nH]c3ccccc23)NC(=O)C(c2ccccc2)c2ccccc2)c1. The molecule has 0 fully saturated rings. The summed E-state index contributed by atoms with van der Waals surface area (Å²) in [5.74, 6) is -1.02. The zero-order valence-electron chi connectivity index (χ0n) is 21.6. The van der Waals surface area contributed by atoms with Gasteiger partial charge in [0.1, 0.15) is 6.04 Å². The van der Waals surface area contributed by atoms with Crippen molar-refractivity contribution in [3.05, 3.63) is 137 Å². The average molecular weight is 502 g/mol. The highest BCUT2D eigenvalue weighted by Gasteiger charge is 2.29. The average Bonchev–Trinajstić information content (AvgIpc) is 3.34. The molecule has 1 heterocycles. The molecule has 3 N–H and O–H groups in total. The van der Waals surface area contributed by atoms with Crippen LogP contribution in [0.4, 0.5) is 5.69 Å². The fraction of sp³-hybridized carbons (Fsp3) is 0.152. The number of H-pyrrole nitrogens is 1.